The van der Waals surface area contributed by atoms with Gasteiger partial charge in [-0.1, -0.05) is 26.2 Å². The van der Waals surface area contributed by atoms with E-state index in [1.807, 2.05) is 0 Å². The van der Waals surface area contributed by atoms with Crippen LogP contribution in [0.15, 0.2) is 0 Å². The van der Waals surface area contributed by atoms with Gasteiger partial charge in [0.15, 0.2) is 0 Å². The van der Waals surface area contributed by atoms with Gasteiger partial charge in [0.2, 0.25) is 0 Å². The van der Waals surface area contributed by atoms with Crippen LogP contribution >= 0.6 is 0 Å². The lowest BCUT2D eigenvalue weighted by Crippen LogP contribution is -2.41. The third-order valence-electron chi connectivity index (χ3n) is 2.05. The molecule has 2 heteroatoms. The molecule has 1 N–H and O–H groups in total. The number of nitrogens with one attached hydrogen (secondary N) is 1. The number of rotatable bonds is 4. The highest BCUT2D eigenvalue weighted by atomic mass is 16.5. The molecule has 0 saturated carbocycles. The van der Waals surface area contributed by atoms with Gasteiger partial charge in [-0.3, -0.25) is 0 Å². The van der Waals surface area contributed by atoms with Crippen LogP contribution in [0.2, 0.25) is 0 Å². The highest BCUT2D eigenvalue weighted by Crippen LogP contribution is 2.05. The van der Waals surface area contributed by atoms with Gasteiger partial charge in [0.1, 0.15) is 0 Å². The topological polar surface area (TPSA) is 21.3 Å². The molecule has 1 radical (unpaired) electrons. The highest BCUT2D eigenvalue weighted by molar-refractivity contribution is 4.69. The van der Waals surface area contributed by atoms with Crippen molar-refractivity contribution in [2.24, 2.45) is 0 Å². The lowest BCUT2D eigenvalue weighted by molar-refractivity contribution is 0.0734. The zero-order valence-electron chi connectivity index (χ0n) is 7.14. The Morgan fingerprint density at radius 3 is 3.00 bits per heavy atom. The van der Waals surface area contributed by atoms with Crippen molar-refractivity contribution in [3.05, 3.63) is 6.92 Å². The Hall–Kier alpha value is -0.0800. The first-order chi connectivity index (χ1) is 5.43. The minimum absolute atomic E-state index is 0.607. The van der Waals surface area contributed by atoms with E-state index in [0.717, 1.165) is 26.2 Å². The predicted molar refractivity (Wildman–Crippen MR) is 46.4 cm³/mol. The fourth-order valence-electron chi connectivity index (χ4n) is 1.37. The van der Waals surface area contributed by atoms with Gasteiger partial charge < -0.3 is 10.1 Å². The first kappa shape index (κ1) is 9.01. The van der Waals surface area contributed by atoms with E-state index in [0.29, 0.717) is 6.04 Å². The molecule has 1 saturated heterocycles. The van der Waals surface area contributed by atoms with E-state index in [4.69, 9.17) is 4.74 Å². The Morgan fingerprint density at radius 2 is 2.36 bits per heavy atom. The SMILES string of the molecule is [CH2]CCCCC1COCCN1. The number of hydrogen-bond acceptors (Lipinski definition) is 2. The van der Waals surface area contributed by atoms with Gasteiger partial charge in [-0.25, -0.2) is 0 Å². The summed E-state index contributed by atoms with van der Waals surface area (Å²) < 4.78 is 5.33. The van der Waals surface area contributed by atoms with Crippen molar-refractivity contribution in [1.82, 2.24) is 5.32 Å². The summed E-state index contributed by atoms with van der Waals surface area (Å²) in [6.07, 6.45) is 4.84. The van der Waals surface area contributed by atoms with Gasteiger partial charge in [-0.2, -0.15) is 0 Å². The molecule has 0 amide bonds. The molecule has 1 atom stereocenters. The molecule has 0 aromatic heterocycles. The van der Waals surface area contributed by atoms with Crippen molar-refractivity contribution in [2.45, 2.75) is 31.7 Å². The average molecular weight is 156 g/mol. The average Bonchev–Trinajstić information content (AvgIpc) is 2.07. The summed E-state index contributed by atoms with van der Waals surface area (Å²) >= 11 is 0. The molecule has 1 aliphatic rings. The zero-order valence-corrected chi connectivity index (χ0v) is 7.14. The van der Waals surface area contributed by atoms with Gasteiger partial charge in [-0.15, -0.1) is 0 Å². The third-order valence-corrected chi connectivity index (χ3v) is 2.05. The number of hydrogen-bond donors (Lipinski definition) is 1. The molecule has 1 heterocycles. The largest absolute Gasteiger partial charge is 0.379 e. The van der Waals surface area contributed by atoms with Gasteiger partial charge in [-0.05, 0) is 6.42 Å². The highest BCUT2D eigenvalue weighted by Gasteiger charge is 2.11. The van der Waals surface area contributed by atoms with Gasteiger partial charge in [0, 0.05) is 12.6 Å². The third kappa shape index (κ3) is 3.73. The molecular weight excluding hydrogens is 138 g/mol. The van der Waals surface area contributed by atoms with Crippen LogP contribution in [0.4, 0.5) is 0 Å². The molecule has 1 fully saturated rings. The Kier molecular flexibility index (Phi) is 4.55. The van der Waals surface area contributed by atoms with Gasteiger partial charge in [0.05, 0.1) is 13.2 Å². The second-order valence-corrected chi connectivity index (χ2v) is 3.08. The molecule has 1 rings (SSSR count). The van der Waals surface area contributed by atoms with Crippen LogP contribution in [0.1, 0.15) is 25.7 Å². The number of unbranched alkanes of at least 4 members (excludes halogenated alkanes) is 2. The molecule has 1 aliphatic heterocycles. The Bertz CT molecular complexity index is 89.6. The smallest absolute Gasteiger partial charge is 0.0620 e. The minimum atomic E-state index is 0.607. The first-order valence-electron chi connectivity index (χ1n) is 4.54. The molecule has 0 aliphatic carbocycles. The van der Waals surface area contributed by atoms with Crippen LogP contribution in [0.3, 0.4) is 0 Å². The summed E-state index contributed by atoms with van der Waals surface area (Å²) in [5, 5.41) is 3.43. The Labute approximate surface area is 69.3 Å². The van der Waals surface area contributed by atoms with Crippen LogP contribution < -0.4 is 5.32 Å². The van der Waals surface area contributed by atoms with E-state index >= 15 is 0 Å². The quantitative estimate of drug-likeness (QED) is 0.621. The van der Waals surface area contributed by atoms with Crippen molar-refractivity contribution in [3.63, 3.8) is 0 Å². The van der Waals surface area contributed by atoms with Crippen LogP contribution in [0, 0.1) is 6.92 Å². The molecule has 11 heavy (non-hydrogen) atoms. The van der Waals surface area contributed by atoms with Gasteiger partial charge in [0.25, 0.3) is 0 Å². The first-order valence-corrected chi connectivity index (χ1v) is 4.54. The summed E-state index contributed by atoms with van der Waals surface area (Å²) in [6, 6.07) is 0.607. The van der Waals surface area contributed by atoms with E-state index in [2.05, 4.69) is 12.2 Å². The van der Waals surface area contributed by atoms with Gasteiger partial charge >= 0.3 is 0 Å². The van der Waals surface area contributed by atoms with Crippen LogP contribution in [0.5, 0.6) is 0 Å². The van der Waals surface area contributed by atoms with Crippen molar-refractivity contribution in [3.8, 4) is 0 Å². The molecule has 0 bridgehead atoms. The fourth-order valence-corrected chi connectivity index (χ4v) is 1.37. The second-order valence-electron chi connectivity index (χ2n) is 3.08. The molecule has 2 nitrogen and oxygen atoms in total. The predicted octanol–water partition coefficient (Wildman–Crippen LogP) is 1.37. The molecular formula is C9H18NO. The van der Waals surface area contributed by atoms with E-state index < -0.39 is 0 Å². The lowest BCUT2D eigenvalue weighted by atomic mass is 10.1. The monoisotopic (exact) mass is 156 g/mol. The summed E-state index contributed by atoms with van der Waals surface area (Å²) in [5.41, 5.74) is 0. The van der Waals surface area contributed by atoms with Crippen molar-refractivity contribution < 1.29 is 4.74 Å². The second kappa shape index (κ2) is 5.56. The molecule has 65 valence electrons. The normalized spacial score (nSPS) is 25.4. The van der Waals surface area contributed by atoms with Crippen LogP contribution in [-0.2, 0) is 4.74 Å². The summed E-state index contributed by atoms with van der Waals surface area (Å²) in [7, 11) is 0. The van der Waals surface area contributed by atoms with Crippen molar-refractivity contribution in [1.29, 1.82) is 0 Å². The molecule has 0 aromatic rings. The van der Waals surface area contributed by atoms with E-state index in [-0.39, 0.29) is 0 Å². The standard InChI is InChI=1S/C9H18NO/c1-2-3-4-5-9-8-11-7-6-10-9/h9-10H,1-8H2. The lowest BCUT2D eigenvalue weighted by Gasteiger charge is -2.23. The minimum Gasteiger partial charge on any atom is -0.379 e. The zero-order chi connectivity index (χ0) is 7.94. The van der Waals surface area contributed by atoms with Crippen LogP contribution in [0.25, 0.3) is 0 Å². The summed E-state index contributed by atoms with van der Waals surface area (Å²) in [5.74, 6) is 0. The summed E-state index contributed by atoms with van der Waals surface area (Å²) in [4.78, 5) is 0. The molecule has 0 aromatic carbocycles. The molecule has 1 unspecified atom stereocenters. The van der Waals surface area contributed by atoms with Crippen molar-refractivity contribution >= 4 is 0 Å². The van der Waals surface area contributed by atoms with Crippen molar-refractivity contribution in [2.75, 3.05) is 19.8 Å². The number of morpholine rings is 1. The Morgan fingerprint density at radius 1 is 1.45 bits per heavy atom. The molecule has 0 spiro atoms. The maximum absolute atomic E-state index is 5.33. The summed E-state index contributed by atoms with van der Waals surface area (Å²) in [6.45, 7) is 6.62. The van der Waals surface area contributed by atoms with E-state index in [1.54, 1.807) is 0 Å². The van der Waals surface area contributed by atoms with E-state index in [9.17, 15) is 0 Å². The Balaban J connectivity index is 1.96. The number of ether oxygens (including phenoxy) is 1. The van der Waals surface area contributed by atoms with Crippen LogP contribution in [-0.4, -0.2) is 25.8 Å². The fraction of sp³-hybridized carbons (Fsp3) is 0.889. The maximum Gasteiger partial charge on any atom is 0.0620 e. The van der Waals surface area contributed by atoms with E-state index in [1.165, 1.54) is 19.3 Å². The maximum atomic E-state index is 5.33.